The molecule has 66 valence electrons. The first-order valence-electron chi connectivity index (χ1n) is 3.24. The van der Waals surface area contributed by atoms with Gasteiger partial charge in [0.05, 0.1) is 5.56 Å². The van der Waals surface area contributed by atoms with Crippen molar-refractivity contribution >= 4 is 11.6 Å². The fourth-order valence-electron chi connectivity index (χ4n) is 0.900. The van der Waals surface area contributed by atoms with Crippen molar-refractivity contribution in [1.82, 2.24) is 0 Å². The van der Waals surface area contributed by atoms with E-state index in [4.69, 9.17) is 11.6 Å². The lowest BCUT2D eigenvalue weighted by Gasteiger charge is -2.07. The average Bonchev–Trinajstić information content (AvgIpc) is 1.82. The molecule has 0 aliphatic carbocycles. The third-order valence-electron chi connectivity index (χ3n) is 1.37. The van der Waals surface area contributed by atoms with Crippen molar-refractivity contribution in [2.45, 2.75) is 13.1 Å². The van der Waals surface area contributed by atoms with E-state index in [1.807, 2.05) is 0 Å². The maximum absolute atomic E-state index is 12.1. The molecule has 0 aliphatic heterocycles. The second-order valence-electron chi connectivity index (χ2n) is 2.52. The molecule has 4 heteroatoms. The molecule has 0 heterocycles. The molecule has 0 amide bonds. The first-order chi connectivity index (χ1) is 5.39. The zero-order chi connectivity index (χ0) is 9.35. The van der Waals surface area contributed by atoms with Gasteiger partial charge in [-0.3, -0.25) is 0 Å². The largest absolute Gasteiger partial charge is 0.416 e. The van der Waals surface area contributed by atoms with Crippen LogP contribution in [-0.2, 0) is 6.18 Å². The van der Waals surface area contributed by atoms with E-state index in [0.717, 1.165) is 12.1 Å². The molecule has 0 nitrogen and oxygen atoms in total. The van der Waals surface area contributed by atoms with Crippen LogP contribution in [0.15, 0.2) is 18.2 Å². The summed E-state index contributed by atoms with van der Waals surface area (Å²) < 4.78 is 36.3. The van der Waals surface area contributed by atoms with E-state index in [-0.39, 0.29) is 5.02 Å². The normalized spacial score (nSPS) is 11.8. The van der Waals surface area contributed by atoms with Gasteiger partial charge in [-0.1, -0.05) is 11.6 Å². The van der Waals surface area contributed by atoms with Crippen LogP contribution in [0.2, 0.25) is 5.02 Å². The lowest BCUT2D eigenvalue weighted by atomic mass is 10.1. The van der Waals surface area contributed by atoms with Gasteiger partial charge in [0, 0.05) is 5.02 Å². The van der Waals surface area contributed by atoms with E-state index in [0.29, 0.717) is 5.56 Å². The molecule has 0 aliphatic rings. The quantitative estimate of drug-likeness (QED) is 0.591. The number of halogens is 4. The van der Waals surface area contributed by atoms with E-state index in [9.17, 15) is 13.2 Å². The molecule has 0 N–H and O–H groups in total. The zero-order valence-corrected chi connectivity index (χ0v) is 7.00. The van der Waals surface area contributed by atoms with Crippen LogP contribution in [-0.4, -0.2) is 0 Å². The van der Waals surface area contributed by atoms with Crippen LogP contribution in [0.1, 0.15) is 11.1 Å². The molecular weight excluding hydrogens is 189 g/mol. The van der Waals surface area contributed by atoms with E-state index in [1.165, 1.54) is 6.07 Å². The topological polar surface area (TPSA) is 0 Å². The van der Waals surface area contributed by atoms with E-state index >= 15 is 0 Å². The van der Waals surface area contributed by atoms with Crippen molar-refractivity contribution in [2.24, 2.45) is 0 Å². The summed E-state index contributed by atoms with van der Waals surface area (Å²) in [6.45, 7) is 1.57. The van der Waals surface area contributed by atoms with Crippen molar-refractivity contribution in [1.29, 1.82) is 0 Å². The zero-order valence-electron chi connectivity index (χ0n) is 6.24. The number of alkyl halides is 3. The van der Waals surface area contributed by atoms with Crippen molar-refractivity contribution in [2.75, 3.05) is 0 Å². The Hall–Kier alpha value is -0.700. The summed E-state index contributed by atoms with van der Waals surface area (Å²) in [5.74, 6) is 0. The molecule has 0 bridgehead atoms. The first-order valence-corrected chi connectivity index (χ1v) is 3.62. The molecular formula is C8H6ClF3. The van der Waals surface area contributed by atoms with Crippen molar-refractivity contribution in [3.63, 3.8) is 0 Å². The minimum atomic E-state index is -4.31. The van der Waals surface area contributed by atoms with Gasteiger partial charge in [0.15, 0.2) is 0 Å². The Morgan fingerprint density at radius 2 is 1.75 bits per heavy atom. The summed E-state index contributed by atoms with van der Waals surface area (Å²) in [5, 5.41) is 0.113. The maximum Gasteiger partial charge on any atom is 0.416 e. The molecule has 0 radical (unpaired) electrons. The Morgan fingerprint density at radius 1 is 1.17 bits per heavy atom. The Bertz CT molecular complexity index is 271. The minimum Gasteiger partial charge on any atom is -0.166 e. The highest BCUT2D eigenvalue weighted by molar-refractivity contribution is 6.30. The van der Waals surface area contributed by atoms with Crippen LogP contribution >= 0.6 is 11.6 Å². The highest BCUT2D eigenvalue weighted by Gasteiger charge is 2.30. The fourth-order valence-corrected chi connectivity index (χ4v) is 1.19. The van der Waals surface area contributed by atoms with E-state index in [2.05, 4.69) is 0 Å². The van der Waals surface area contributed by atoms with Crippen LogP contribution in [0.3, 0.4) is 0 Å². The standard InChI is InChI=1S/C8H6ClF3/c1-5-2-6(8(10,11)12)4-7(9)3-5/h2-4H,1H3. The molecule has 12 heavy (non-hydrogen) atoms. The average molecular weight is 195 g/mol. The Balaban J connectivity index is 3.18. The molecule has 0 atom stereocenters. The molecule has 0 aromatic heterocycles. The summed E-state index contributed by atoms with van der Waals surface area (Å²) in [6, 6.07) is 3.46. The fraction of sp³-hybridized carbons (Fsp3) is 0.250. The summed E-state index contributed by atoms with van der Waals surface area (Å²) in [6.07, 6.45) is -4.31. The third-order valence-corrected chi connectivity index (χ3v) is 1.59. The molecule has 1 aromatic carbocycles. The number of aryl methyl sites for hydroxylation is 1. The number of benzene rings is 1. The second kappa shape index (κ2) is 2.98. The maximum atomic E-state index is 12.1. The summed E-state index contributed by atoms with van der Waals surface area (Å²) in [7, 11) is 0. The van der Waals surface area contributed by atoms with Gasteiger partial charge in [0.2, 0.25) is 0 Å². The first kappa shape index (κ1) is 9.39. The van der Waals surface area contributed by atoms with Crippen LogP contribution in [0.5, 0.6) is 0 Å². The van der Waals surface area contributed by atoms with Gasteiger partial charge >= 0.3 is 6.18 Å². The van der Waals surface area contributed by atoms with Crippen LogP contribution in [0, 0.1) is 6.92 Å². The van der Waals surface area contributed by atoms with Crippen molar-refractivity contribution in [3.8, 4) is 0 Å². The van der Waals surface area contributed by atoms with Crippen LogP contribution in [0.25, 0.3) is 0 Å². The Labute approximate surface area is 73.0 Å². The van der Waals surface area contributed by atoms with Crippen molar-refractivity contribution in [3.05, 3.63) is 34.3 Å². The van der Waals surface area contributed by atoms with Gasteiger partial charge in [-0.05, 0) is 30.7 Å². The number of rotatable bonds is 0. The number of hydrogen-bond acceptors (Lipinski definition) is 0. The third kappa shape index (κ3) is 2.14. The lowest BCUT2D eigenvalue weighted by Crippen LogP contribution is -2.04. The van der Waals surface area contributed by atoms with Gasteiger partial charge in [0.25, 0.3) is 0 Å². The van der Waals surface area contributed by atoms with Gasteiger partial charge in [0.1, 0.15) is 0 Å². The SMILES string of the molecule is Cc1cc(Cl)cc(C(F)(F)F)c1. The highest BCUT2D eigenvalue weighted by atomic mass is 35.5. The Morgan fingerprint density at radius 3 is 2.17 bits per heavy atom. The summed E-state index contributed by atoms with van der Waals surface area (Å²) in [5.41, 5.74) is -0.192. The highest BCUT2D eigenvalue weighted by Crippen LogP contribution is 2.31. The predicted molar refractivity (Wildman–Crippen MR) is 41.2 cm³/mol. The monoisotopic (exact) mass is 194 g/mol. The minimum absolute atomic E-state index is 0.113. The molecule has 0 saturated carbocycles. The molecule has 1 aromatic rings. The van der Waals surface area contributed by atoms with Gasteiger partial charge in [-0.25, -0.2) is 0 Å². The van der Waals surface area contributed by atoms with Gasteiger partial charge in [-0.15, -0.1) is 0 Å². The second-order valence-corrected chi connectivity index (χ2v) is 2.95. The van der Waals surface area contributed by atoms with Gasteiger partial charge < -0.3 is 0 Å². The Kier molecular flexibility index (Phi) is 2.33. The van der Waals surface area contributed by atoms with E-state index < -0.39 is 11.7 Å². The van der Waals surface area contributed by atoms with Crippen molar-refractivity contribution < 1.29 is 13.2 Å². The molecule has 0 fully saturated rings. The van der Waals surface area contributed by atoms with E-state index in [1.54, 1.807) is 6.92 Å². The molecule has 0 spiro atoms. The summed E-state index contributed by atoms with van der Waals surface area (Å²) in [4.78, 5) is 0. The molecule has 0 saturated heterocycles. The lowest BCUT2D eigenvalue weighted by molar-refractivity contribution is -0.137. The smallest absolute Gasteiger partial charge is 0.166 e. The van der Waals surface area contributed by atoms with Crippen LogP contribution in [0.4, 0.5) is 13.2 Å². The predicted octanol–water partition coefficient (Wildman–Crippen LogP) is 3.67. The number of hydrogen-bond donors (Lipinski definition) is 0. The molecule has 1 rings (SSSR count). The van der Waals surface area contributed by atoms with Crippen LogP contribution < -0.4 is 0 Å². The molecule has 0 unspecified atom stereocenters. The van der Waals surface area contributed by atoms with Gasteiger partial charge in [-0.2, -0.15) is 13.2 Å². The summed E-state index contributed by atoms with van der Waals surface area (Å²) >= 11 is 5.46.